The van der Waals surface area contributed by atoms with Crippen LogP contribution in [-0.2, 0) is 16.1 Å². The predicted molar refractivity (Wildman–Crippen MR) is 79.4 cm³/mol. The number of aryl methyl sites for hydroxylation is 1. The number of carbonyl (C=O) groups excluding carboxylic acids is 1. The second-order valence-corrected chi connectivity index (χ2v) is 5.19. The number of rotatable bonds is 4. The molecule has 0 aliphatic carbocycles. The van der Waals surface area contributed by atoms with Crippen molar-refractivity contribution < 1.29 is 22.7 Å². The zero-order chi connectivity index (χ0) is 18.2. The number of hydrogen-bond acceptors (Lipinski definition) is 6. The van der Waals surface area contributed by atoms with Crippen LogP contribution in [0.1, 0.15) is 25.5 Å². The summed E-state index contributed by atoms with van der Waals surface area (Å²) in [5.74, 6) is -1.19. The van der Waals surface area contributed by atoms with Crippen LogP contribution in [0.4, 0.5) is 19.1 Å². The van der Waals surface area contributed by atoms with Crippen LogP contribution < -0.4 is 5.32 Å². The number of nitrogens with one attached hydrogen (secondary N) is 1. The Morgan fingerprint density at radius 3 is 2.72 bits per heavy atom. The maximum absolute atomic E-state index is 13.5. The third-order valence-electron chi connectivity index (χ3n) is 3.67. The van der Waals surface area contributed by atoms with E-state index >= 15 is 0 Å². The Bertz CT molecular complexity index is 823. The van der Waals surface area contributed by atoms with E-state index in [0.717, 1.165) is 6.33 Å². The van der Waals surface area contributed by atoms with Crippen molar-refractivity contribution in [2.45, 2.75) is 32.6 Å². The quantitative estimate of drug-likeness (QED) is 0.842. The third kappa shape index (κ3) is 2.96. The average molecular weight is 356 g/mol. The Morgan fingerprint density at radius 2 is 2.12 bits per heavy atom. The fourth-order valence-corrected chi connectivity index (χ4v) is 2.61. The van der Waals surface area contributed by atoms with Gasteiger partial charge in [0.25, 0.3) is 0 Å². The molecule has 0 unspecified atom stereocenters. The molecule has 0 spiro atoms. The summed E-state index contributed by atoms with van der Waals surface area (Å²) in [5, 5.41) is 10.2. The van der Waals surface area contributed by atoms with Gasteiger partial charge in [-0.25, -0.2) is 9.48 Å². The number of anilines is 1. The second-order valence-electron chi connectivity index (χ2n) is 5.19. The van der Waals surface area contributed by atoms with Gasteiger partial charge in [0.05, 0.1) is 18.4 Å². The predicted octanol–water partition coefficient (Wildman–Crippen LogP) is 1.89. The summed E-state index contributed by atoms with van der Waals surface area (Å²) in [6.45, 7) is 3.83. The van der Waals surface area contributed by atoms with Gasteiger partial charge in [-0.15, -0.1) is 0 Å². The highest BCUT2D eigenvalue weighted by molar-refractivity contribution is 5.92. The fourth-order valence-electron chi connectivity index (χ4n) is 2.61. The standard InChI is InChI=1S/C14H15F3N6O2/c1-3-22-6-8(5-19-22)10-9(12(24)25-4-2)11(14(15,16)17)21-13-18-7-20-23(10)13/h5-7,10H,3-4H2,1-2H3,(H,18,20,21)/t10-/m1/s1. The molecular weight excluding hydrogens is 341 g/mol. The largest absolute Gasteiger partial charge is 0.463 e. The van der Waals surface area contributed by atoms with E-state index in [4.69, 9.17) is 4.74 Å². The fraction of sp³-hybridized carbons (Fsp3) is 0.429. The molecule has 11 heteroatoms. The molecule has 0 aromatic carbocycles. The molecule has 0 amide bonds. The van der Waals surface area contributed by atoms with Crippen molar-refractivity contribution in [1.29, 1.82) is 0 Å². The van der Waals surface area contributed by atoms with E-state index in [0.29, 0.717) is 12.1 Å². The summed E-state index contributed by atoms with van der Waals surface area (Å²) in [6, 6.07) is -1.14. The number of aromatic nitrogens is 5. The van der Waals surface area contributed by atoms with Crippen molar-refractivity contribution in [3.05, 3.63) is 35.6 Å². The number of allylic oxidation sites excluding steroid dienone is 1. The molecule has 134 valence electrons. The molecule has 25 heavy (non-hydrogen) atoms. The summed E-state index contributed by atoms with van der Waals surface area (Å²) in [5.41, 5.74) is -1.41. The van der Waals surface area contributed by atoms with Crippen LogP contribution in [0.3, 0.4) is 0 Å². The number of fused-ring (bicyclic) bond motifs is 1. The zero-order valence-electron chi connectivity index (χ0n) is 13.4. The zero-order valence-corrected chi connectivity index (χ0v) is 13.4. The summed E-state index contributed by atoms with van der Waals surface area (Å²) in [7, 11) is 0. The van der Waals surface area contributed by atoms with Crippen LogP contribution in [0.5, 0.6) is 0 Å². The van der Waals surface area contributed by atoms with Crippen LogP contribution in [0.15, 0.2) is 30.0 Å². The first-order valence-electron chi connectivity index (χ1n) is 7.54. The van der Waals surface area contributed by atoms with Crippen molar-refractivity contribution >= 4 is 11.9 Å². The molecule has 0 saturated carbocycles. The van der Waals surface area contributed by atoms with Crippen LogP contribution >= 0.6 is 0 Å². The Balaban J connectivity index is 2.22. The molecule has 0 bridgehead atoms. The van der Waals surface area contributed by atoms with Gasteiger partial charge in [0.2, 0.25) is 5.95 Å². The Morgan fingerprint density at radius 1 is 1.36 bits per heavy atom. The molecule has 1 atom stereocenters. The molecule has 0 radical (unpaired) electrons. The Kier molecular flexibility index (Phi) is 4.23. The molecule has 0 fully saturated rings. The molecule has 1 N–H and O–H groups in total. The van der Waals surface area contributed by atoms with Crippen molar-refractivity contribution in [2.24, 2.45) is 0 Å². The molecule has 2 aromatic rings. The first-order valence-corrected chi connectivity index (χ1v) is 7.54. The van der Waals surface area contributed by atoms with Gasteiger partial charge in [0, 0.05) is 18.3 Å². The van der Waals surface area contributed by atoms with Crippen molar-refractivity contribution in [3.8, 4) is 0 Å². The SMILES string of the molecule is CCOC(=O)C1=C(C(F)(F)F)Nc2ncnn2[C@@H]1c1cnn(CC)c1. The van der Waals surface area contributed by atoms with E-state index in [2.05, 4.69) is 20.5 Å². The van der Waals surface area contributed by atoms with Crippen molar-refractivity contribution in [3.63, 3.8) is 0 Å². The average Bonchev–Trinajstić information content (AvgIpc) is 3.21. The molecule has 3 heterocycles. The Hall–Kier alpha value is -2.85. The van der Waals surface area contributed by atoms with Crippen molar-refractivity contribution in [2.75, 3.05) is 11.9 Å². The summed E-state index contributed by atoms with van der Waals surface area (Å²) in [6.07, 6.45) is -0.715. The van der Waals surface area contributed by atoms with Gasteiger partial charge < -0.3 is 10.1 Å². The van der Waals surface area contributed by atoms with Gasteiger partial charge in [-0.1, -0.05) is 0 Å². The topological polar surface area (TPSA) is 86.9 Å². The first-order chi connectivity index (χ1) is 11.9. The van der Waals surface area contributed by atoms with Gasteiger partial charge in [0.1, 0.15) is 18.1 Å². The van der Waals surface area contributed by atoms with Crippen LogP contribution in [0.25, 0.3) is 0 Å². The molecule has 8 nitrogen and oxygen atoms in total. The minimum absolute atomic E-state index is 0.0569. The van der Waals surface area contributed by atoms with Crippen molar-refractivity contribution in [1.82, 2.24) is 24.5 Å². The van der Waals surface area contributed by atoms with E-state index in [-0.39, 0.29) is 12.6 Å². The van der Waals surface area contributed by atoms with Gasteiger partial charge in [0.15, 0.2) is 0 Å². The lowest BCUT2D eigenvalue weighted by Crippen LogP contribution is -2.35. The molecule has 0 saturated heterocycles. The Labute approximate surface area is 140 Å². The second kappa shape index (κ2) is 6.22. The molecule has 1 aliphatic rings. The highest BCUT2D eigenvalue weighted by Crippen LogP contribution is 2.40. The normalized spacial score (nSPS) is 17.2. The monoisotopic (exact) mass is 356 g/mol. The van der Waals surface area contributed by atoms with Crippen LogP contribution in [0.2, 0.25) is 0 Å². The first kappa shape index (κ1) is 17.0. The number of alkyl halides is 3. The van der Waals surface area contributed by atoms with E-state index < -0.39 is 29.5 Å². The van der Waals surface area contributed by atoms with Crippen LogP contribution in [0, 0.1) is 0 Å². The van der Waals surface area contributed by atoms with E-state index in [9.17, 15) is 18.0 Å². The lowest BCUT2D eigenvalue weighted by molar-refractivity contribution is -0.140. The maximum Gasteiger partial charge on any atom is 0.431 e. The lowest BCUT2D eigenvalue weighted by Gasteiger charge is -2.29. The highest BCUT2D eigenvalue weighted by Gasteiger charge is 2.46. The number of hydrogen-bond donors (Lipinski definition) is 1. The third-order valence-corrected chi connectivity index (χ3v) is 3.67. The summed E-state index contributed by atoms with van der Waals surface area (Å²) < 4.78 is 48.2. The minimum Gasteiger partial charge on any atom is -0.463 e. The number of carbonyl (C=O) groups is 1. The van der Waals surface area contributed by atoms with Gasteiger partial charge in [-0.3, -0.25) is 4.68 Å². The number of halogens is 3. The molecular formula is C14H15F3N6O2. The van der Waals surface area contributed by atoms with Gasteiger partial charge in [-0.2, -0.15) is 28.4 Å². The smallest absolute Gasteiger partial charge is 0.431 e. The van der Waals surface area contributed by atoms with Gasteiger partial charge >= 0.3 is 12.1 Å². The highest BCUT2D eigenvalue weighted by atomic mass is 19.4. The summed E-state index contributed by atoms with van der Waals surface area (Å²) in [4.78, 5) is 16.1. The minimum atomic E-state index is -4.79. The van der Waals surface area contributed by atoms with E-state index in [1.807, 2.05) is 6.92 Å². The van der Waals surface area contributed by atoms with Gasteiger partial charge in [-0.05, 0) is 13.8 Å². The number of nitrogens with zero attached hydrogens (tertiary/aromatic N) is 5. The van der Waals surface area contributed by atoms with E-state index in [1.165, 1.54) is 17.8 Å². The number of ether oxygens (including phenoxy) is 1. The number of esters is 1. The summed E-state index contributed by atoms with van der Waals surface area (Å²) >= 11 is 0. The van der Waals surface area contributed by atoms with E-state index in [1.54, 1.807) is 10.9 Å². The molecule has 3 rings (SSSR count). The van der Waals surface area contributed by atoms with Crippen LogP contribution in [-0.4, -0.2) is 43.3 Å². The maximum atomic E-state index is 13.5. The lowest BCUT2D eigenvalue weighted by atomic mass is 9.97. The molecule has 1 aliphatic heterocycles. The molecule has 2 aromatic heterocycles.